The van der Waals surface area contributed by atoms with Crippen LogP contribution in [0.1, 0.15) is 0 Å². The van der Waals surface area contributed by atoms with Crippen molar-refractivity contribution in [2.24, 2.45) is 0 Å². The van der Waals surface area contributed by atoms with Crippen LogP contribution < -0.4 is 9.50 Å². The second-order valence-electron chi connectivity index (χ2n) is 4.17. The van der Waals surface area contributed by atoms with E-state index >= 15 is 0 Å². The minimum Gasteiger partial charge on any atom is -0.378 e. The van der Waals surface area contributed by atoms with E-state index in [2.05, 4.69) is 5.32 Å². The highest BCUT2D eigenvalue weighted by atomic mass is 127. The summed E-state index contributed by atoms with van der Waals surface area (Å²) >= 11 is 7.38. The van der Waals surface area contributed by atoms with Crippen molar-refractivity contribution in [2.75, 3.05) is 11.2 Å². The predicted octanol–water partition coefficient (Wildman–Crippen LogP) is 3.24. The number of benzene rings is 2. The number of carbonyl (C=O) groups is 1. The highest BCUT2D eigenvalue weighted by Crippen LogP contribution is 2.24. The number of hydrogen-bond acceptors (Lipinski definition) is 4. The van der Waals surface area contributed by atoms with Gasteiger partial charge in [0, 0.05) is 5.69 Å². The molecule has 0 saturated carbocycles. The molecule has 0 atom stereocenters. The molecular weight excluding hydrogens is 441 g/mol. The average Bonchev–Trinajstić information content (AvgIpc) is 2.50. The highest BCUT2D eigenvalue weighted by Gasteiger charge is 2.18. The van der Waals surface area contributed by atoms with Gasteiger partial charge in [-0.2, -0.15) is 8.42 Å². The topological polar surface area (TPSA) is 72.5 Å². The Bertz CT molecular complexity index is 778. The third-order valence-electron chi connectivity index (χ3n) is 2.58. The maximum absolute atomic E-state index is 12.2. The van der Waals surface area contributed by atoms with Crippen molar-refractivity contribution in [2.45, 2.75) is 4.90 Å². The molecule has 0 saturated heterocycles. The molecule has 0 spiro atoms. The molecule has 0 aromatic heterocycles. The lowest BCUT2D eigenvalue weighted by atomic mass is 10.3. The molecule has 0 aliphatic carbocycles. The Morgan fingerprint density at radius 3 is 2.36 bits per heavy atom. The first kappa shape index (κ1) is 17.0. The summed E-state index contributed by atoms with van der Waals surface area (Å²) in [5, 5.41) is 2.52. The summed E-state index contributed by atoms with van der Waals surface area (Å²) in [5.74, 6) is -0.273. The zero-order valence-corrected chi connectivity index (χ0v) is 14.9. The van der Waals surface area contributed by atoms with E-state index in [4.69, 9.17) is 15.8 Å². The van der Waals surface area contributed by atoms with Gasteiger partial charge in [-0.05, 0) is 59.0 Å². The van der Waals surface area contributed by atoms with Gasteiger partial charge in [0.15, 0.2) is 5.75 Å². The molecule has 0 aliphatic heterocycles. The summed E-state index contributed by atoms with van der Waals surface area (Å²) in [5.41, 5.74) is 0.457. The quantitative estimate of drug-likeness (QED) is 0.430. The number of hydrogen-bond donors (Lipinski definition) is 1. The van der Waals surface area contributed by atoms with Crippen LogP contribution in [0.2, 0.25) is 0 Å². The van der Waals surface area contributed by atoms with Gasteiger partial charge < -0.3 is 9.50 Å². The number of alkyl halides is 1. The zero-order valence-electron chi connectivity index (χ0n) is 11.1. The highest BCUT2D eigenvalue weighted by molar-refractivity contribution is 14.1. The van der Waals surface area contributed by atoms with Gasteiger partial charge in [-0.3, -0.25) is 4.79 Å². The molecular formula is C14H11ClINO4S. The number of anilines is 1. The van der Waals surface area contributed by atoms with E-state index in [0.29, 0.717) is 9.26 Å². The second-order valence-corrected chi connectivity index (χ2v) is 7.15. The Kier molecular flexibility index (Phi) is 5.65. The number of rotatable bonds is 5. The molecule has 0 bridgehead atoms. The largest absolute Gasteiger partial charge is 0.378 e. The summed E-state index contributed by atoms with van der Waals surface area (Å²) in [6, 6.07) is 12.5. The SMILES string of the molecule is O=C(CCl)Nc1ccc(S(=O)(=O)Oc2ccccc2I)cc1. The Labute approximate surface area is 146 Å². The van der Waals surface area contributed by atoms with E-state index in [1.165, 1.54) is 24.3 Å². The molecule has 0 aliphatic rings. The van der Waals surface area contributed by atoms with Crippen LogP contribution in [0, 0.1) is 3.57 Å². The van der Waals surface area contributed by atoms with Crippen molar-refractivity contribution in [3.05, 3.63) is 52.1 Å². The van der Waals surface area contributed by atoms with Crippen LogP contribution in [0.3, 0.4) is 0 Å². The molecule has 1 amide bonds. The number of nitrogens with one attached hydrogen (secondary N) is 1. The fraction of sp³-hybridized carbons (Fsp3) is 0.0714. The predicted molar refractivity (Wildman–Crippen MR) is 92.8 cm³/mol. The number of para-hydroxylation sites is 1. The molecule has 0 unspecified atom stereocenters. The lowest BCUT2D eigenvalue weighted by molar-refractivity contribution is -0.113. The summed E-state index contributed by atoms with van der Waals surface area (Å²) < 4.78 is 30.2. The van der Waals surface area contributed by atoms with E-state index in [-0.39, 0.29) is 22.4 Å². The van der Waals surface area contributed by atoms with E-state index < -0.39 is 10.1 Å². The Morgan fingerprint density at radius 1 is 1.14 bits per heavy atom. The van der Waals surface area contributed by atoms with Gasteiger partial charge in [-0.15, -0.1) is 11.6 Å². The van der Waals surface area contributed by atoms with E-state index in [1.807, 2.05) is 22.6 Å². The molecule has 5 nitrogen and oxygen atoms in total. The summed E-state index contributed by atoms with van der Waals surface area (Å²) in [4.78, 5) is 11.2. The molecule has 2 rings (SSSR count). The van der Waals surface area contributed by atoms with Crippen LogP contribution >= 0.6 is 34.2 Å². The molecule has 0 fully saturated rings. The molecule has 22 heavy (non-hydrogen) atoms. The van der Waals surface area contributed by atoms with Crippen LogP contribution in [0.5, 0.6) is 5.75 Å². The number of carbonyl (C=O) groups excluding carboxylic acids is 1. The molecule has 8 heteroatoms. The third-order valence-corrected chi connectivity index (χ3v) is 4.97. The molecule has 0 heterocycles. The van der Waals surface area contributed by atoms with Crippen molar-refractivity contribution >= 4 is 55.9 Å². The standard InChI is InChI=1S/C14H11ClINO4S/c15-9-14(18)17-10-5-7-11(8-6-10)22(19,20)21-13-4-2-1-3-12(13)16/h1-8H,9H2,(H,17,18). The second kappa shape index (κ2) is 7.30. The van der Waals surface area contributed by atoms with E-state index in [0.717, 1.165) is 0 Å². The van der Waals surface area contributed by atoms with Crippen LogP contribution in [0.25, 0.3) is 0 Å². The van der Waals surface area contributed by atoms with Crippen molar-refractivity contribution in [1.29, 1.82) is 0 Å². The van der Waals surface area contributed by atoms with Crippen LogP contribution in [-0.2, 0) is 14.9 Å². The maximum Gasteiger partial charge on any atom is 0.339 e. The molecule has 1 N–H and O–H groups in total. The smallest absolute Gasteiger partial charge is 0.339 e. The minimum absolute atomic E-state index is 0.00368. The number of amides is 1. The average molecular weight is 452 g/mol. The van der Waals surface area contributed by atoms with Crippen LogP contribution in [0.15, 0.2) is 53.4 Å². The first-order chi connectivity index (χ1) is 10.4. The molecule has 2 aromatic carbocycles. The fourth-order valence-electron chi connectivity index (χ4n) is 1.58. The Hall–Kier alpha value is -1.32. The molecule has 0 radical (unpaired) electrons. The lowest BCUT2D eigenvalue weighted by Gasteiger charge is -2.09. The molecule has 116 valence electrons. The third kappa shape index (κ3) is 4.34. The van der Waals surface area contributed by atoms with Crippen LogP contribution in [0.4, 0.5) is 5.69 Å². The monoisotopic (exact) mass is 451 g/mol. The van der Waals surface area contributed by atoms with E-state index in [9.17, 15) is 13.2 Å². The first-order valence-corrected chi connectivity index (χ1v) is 9.09. The summed E-state index contributed by atoms with van der Waals surface area (Å²) in [6.45, 7) is 0. The minimum atomic E-state index is -3.93. The molecule has 2 aromatic rings. The van der Waals surface area contributed by atoms with Gasteiger partial charge in [-0.25, -0.2) is 0 Å². The van der Waals surface area contributed by atoms with Crippen molar-refractivity contribution < 1.29 is 17.4 Å². The Morgan fingerprint density at radius 2 is 1.77 bits per heavy atom. The van der Waals surface area contributed by atoms with Gasteiger partial charge in [0.2, 0.25) is 5.91 Å². The van der Waals surface area contributed by atoms with Gasteiger partial charge in [-0.1, -0.05) is 12.1 Å². The van der Waals surface area contributed by atoms with Gasteiger partial charge in [0.1, 0.15) is 10.8 Å². The van der Waals surface area contributed by atoms with Gasteiger partial charge in [0.25, 0.3) is 0 Å². The first-order valence-electron chi connectivity index (χ1n) is 6.07. The van der Waals surface area contributed by atoms with Crippen molar-refractivity contribution in [1.82, 2.24) is 0 Å². The fourth-order valence-corrected chi connectivity index (χ4v) is 3.24. The Balaban J connectivity index is 2.19. The normalized spacial score (nSPS) is 11.0. The maximum atomic E-state index is 12.2. The lowest BCUT2D eigenvalue weighted by Crippen LogP contribution is -2.13. The summed E-state index contributed by atoms with van der Waals surface area (Å²) in [6.07, 6.45) is 0. The van der Waals surface area contributed by atoms with Crippen molar-refractivity contribution in [3.8, 4) is 5.75 Å². The van der Waals surface area contributed by atoms with Crippen LogP contribution in [-0.4, -0.2) is 20.2 Å². The van der Waals surface area contributed by atoms with Crippen molar-refractivity contribution in [3.63, 3.8) is 0 Å². The van der Waals surface area contributed by atoms with Gasteiger partial charge >= 0.3 is 10.1 Å². The number of halogens is 2. The zero-order chi connectivity index (χ0) is 16.2. The van der Waals surface area contributed by atoms with Gasteiger partial charge in [0.05, 0.1) is 3.57 Å². The van der Waals surface area contributed by atoms with E-state index in [1.54, 1.807) is 24.3 Å². The summed E-state index contributed by atoms with van der Waals surface area (Å²) in [7, 11) is -3.93.